The summed E-state index contributed by atoms with van der Waals surface area (Å²) in [6, 6.07) is 2.17. The Labute approximate surface area is 190 Å². The van der Waals surface area contributed by atoms with Crippen LogP contribution in [0.1, 0.15) is 42.5 Å². The van der Waals surface area contributed by atoms with Gasteiger partial charge < -0.3 is 19.3 Å². The zero-order chi connectivity index (χ0) is 22.3. The third-order valence-electron chi connectivity index (χ3n) is 8.38. The number of likely N-dealkylation sites (tertiary alicyclic amines) is 1. The zero-order valence-electron chi connectivity index (χ0n) is 19.3. The fraction of sp³-hybridized carbons (Fsp3) is 0.720. The van der Waals surface area contributed by atoms with E-state index in [1.807, 2.05) is 16.0 Å². The average Bonchev–Trinajstić information content (AvgIpc) is 3.32. The summed E-state index contributed by atoms with van der Waals surface area (Å²) in [5.74, 6) is 1.52. The molecule has 1 aliphatic carbocycles. The summed E-state index contributed by atoms with van der Waals surface area (Å²) in [6.45, 7) is 6.17. The van der Waals surface area contributed by atoms with Crippen molar-refractivity contribution in [3.05, 3.63) is 29.1 Å². The number of hydrogen-bond acceptors (Lipinski definition) is 6. The van der Waals surface area contributed by atoms with Crippen molar-refractivity contribution in [1.82, 2.24) is 14.8 Å². The van der Waals surface area contributed by atoms with Crippen LogP contribution < -0.4 is 0 Å². The van der Waals surface area contributed by atoms with E-state index in [2.05, 4.69) is 24.2 Å². The van der Waals surface area contributed by atoms with E-state index >= 15 is 0 Å². The first-order valence-corrected chi connectivity index (χ1v) is 12.0. The molecule has 0 N–H and O–H groups in total. The molecule has 172 valence electrons. The third kappa shape index (κ3) is 3.78. The lowest BCUT2D eigenvalue weighted by Gasteiger charge is -2.37. The largest absolute Gasteiger partial charge is 0.379 e. The Morgan fingerprint density at radius 2 is 2.34 bits per heavy atom. The minimum atomic E-state index is -0.428. The minimum Gasteiger partial charge on any atom is -0.379 e. The number of aromatic nitrogens is 1. The second-order valence-corrected chi connectivity index (χ2v) is 10.4. The SMILES string of the molecule is COC1COCCC1C[C@@H]1C[C@H]2CN(C#N)C[C@@]2(C(=O)N2CCc3ncc(C)cc3C2)C1. The number of nitriles is 1. The highest BCUT2D eigenvalue weighted by Gasteiger charge is 2.59. The molecule has 0 spiro atoms. The van der Waals surface area contributed by atoms with Gasteiger partial charge in [0.2, 0.25) is 5.91 Å². The van der Waals surface area contributed by atoms with Crippen LogP contribution in [0.2, 0.25) is 0 Å². The fourth-order valence-electron chi connectivity index (χ4n) is 6.84. The van der Waals surface area contributed by atoms with Crippen LogP contribution in [0, 0.1) is 41.5 Å². The van der Waals surface area contributed by atoms with Gasteiger partial charge in [-0.3, -0.25) is 9.78 Å². The number of ether oxygens (including phenoxy) is 2. The molecule has 4 aliphatic rings. The zero-order valence-corrected chi connectivity index (χ0v) is 19.3. The average molecular weight is 439 g/mol. The Morgan fingerprint density at radius 3 is 3.16 bits per heavy atom. The number of pyridine rings is 1. The lowest BCUT2D eigenvalue weighted by molar-refractivity contribution is -0.144. The van der Waals surface area contributed by atoms with E-state index in [1.54, 1.807) is 7.11 Å². The summed E-state index contributed by atoms with van der Waals surface area (Å²) in [5.41, 5.74) is 3.00. The highest BCUT2D eigenvalue weighted by atomic mass is 16.5. The molecule has 2 saturated heterocycles. The molecule has 0 aromatic carbocycles. The van der Waals surface area contributed by atoms with E-state index < -0.39 is 5.41 Å². The van der Waals surface area contributed by atoms with Gasteiger partial charge in [0.25, 0.3) is 0 Å². The molecule has 5 rings (SSSR count). The molecule has 7 nitrogen and oxygen atoms in total. The summed E-state index contributed by atoms with van der Waals surface area (Å²) in [5, 5.41) is 9.59. The molecular weight excluding hydrogens is 404 g/mol. The van der Waals surface area contributed by atoms with Gasteiger partial charge >= 0.3 is 0 Å². The van der Waals surface area contributed by atoms with Gasteiger partial charge in [-0.1, -0.05) is 6.07 Å². The maximum atomic E-state index is 14.0. The minimum absolute atomic E-state index is 0.154. The van der Waals surface area contributed by atoms with Crippen LogP contribution in [0.4, 0.5) is 0 Å². The predicted molar refractivity (Wildman–Crippen MR) is 118 cm³/mol. The molecule has 1 aromatic heterocycles. The number of hydrogen-bond donors (Lipinski definition) is 0. The Morgan fingerprint density at radius 1 is 1.47 bits per heavy atom. The van der Waals surface area contributed by atoms with Crippen molar-refractivity contribution in [3.63, 3.8) is 0 Å². The van der Waals surface area contributed by atoms with Crippen molar-refractivity contribution in [2.75, 3.05) is 40.0 Å². The number of amides is 1. The standard InChI is InChI=1S/C25H34N4O3/c1-17-7-20-12-29(5-3-22(20)27-11-17)24(30)25-10-18(9-21(25)13-28(15-25)16-26)8-19-4-6-32-14-23(19)31-2/h7,11,18-19,21,23H,3-6,8-10,12-15H2,1-2H3/t18-,19?,21+,23?,25+/m1/s1. The molecule has 32 heavy (non-hydrogen) atoms. The summed E-state index contributed by atoms with van der Waals surface area (Å²) in [6.07, 6.45) is 9.24. The molecule has 1 saturated carbocycles. The Bertz CT molecular complexity index is 915. The molecular formula is C25H34N4O3. The van der Waals surface area contributed by atoms with Gasteiger partial charge in [-0.15, -0.1) is 0 Å². The van der Waals surface area contributed by atoms with Crippen LogP contribution in [-0.4, -0.2) is 66.8 Å². The molecule has 0 radical (unpaired) electrons. The lowest BCUT2D eigenvalue weighted by atomic mass is 9.78. The van der Waals surface area contributed by atoms with Crippen molar-refractivity contribution in [3.8, 4) is 6.19 Å². The molecule has 1 aromatic rings. The van der Waals surface area contributed by atoms with E-state index in [-0.39, 0.29) is 17.9 Å². The van der Waals surface area contributed by atoms with Gasteiger partial charge in [0, 0.05) is 58.2 Å². The van der Waals surface area contributed by atoms with Crippen LogP contribution in [0.3, 0.4) is 0 Å². The molecule has 4 heterocycles. The maximum absolute atomic E-state index is 14.0. The number of carbonyl (C=O) groups excluding carboxylic acids is 1. The predicted octanol–water partition coefficient (Wildman–Crippen LogP) is 2.53. The molecule has 3 aliphatic heterocycles. The maximum Gasteiger partial charge on any atom is 0.231 e. The van der Waals surface area contributed by atoms with Crippen molar-refractivity contribution >= 4 is 5.91 Å². The quantitative estimate of drug-likeness (QED) is 0.672. The van der Waals surface area contributed by atoms with E-state index in [1.165, 1.54) is 5.56 Å². The first-order chi connectivity index (χ1) is 15.5. The Balaban J connectivity index is 1.34. The number of aryl methyl sites for hydroxylation is 1. The van der Waals surface area contributed by atoms with E-state index in [0.29, 0.717) is 38.1 Å². The second-order valence-electron chi connectivity index (χ2n) is 10.4. The number of rotatable bonds is 4. The third-order valence-corrected chi connectivity index (χ3v) is 8.38. The summed E-state index contributed by atoms with van der Waals surface area (Å²) >= 11 is 0. The van der Waals surface area contributed by atoms with Gasteiger partial charge in [0.15, 0.2) is 6.19 Å². The van der Waals surface area contributed by atoms with Crippen molar-refractivity contribution in [2.24, 2.45) is 23.2 Å². The van der Waals surface area contributed by atoms with E-state index in [9.17, 15) is 10.1 Å². The number of carbonyl (C=O) groups is 1. The molecule has 3 fully saturated rings. The summed E-state index contributed by atoms with van der Waals surface area (Å²) in [4.78, 5) is 22.5. The van der Waals surface area contributed by atoms with Crippen LogP contribution in [0.5, 0.6) is 0 Å². The van der Waals surface area contributed by atoms with Crippen LogP contribution in [0.25, 0.3) is 0 Å². The summed E-state index contributed by atoms with van der Waals surface area (Å²) in [7, 11) is 1.77. The van der Waals surface area contributed by atoms with Gasteiger partial charge in [-0.25, -0.2) is 0 Å². The number of methoxy groups -OCH3 is 1. The summed E-state index contributed by atoms with van der Waals surface area (Å²) < 4.78 is 11.3. The van der Waals surface area contributed by atoms with Crippen molar-refractivity contribution < 1.29 is 14.3 Å². The molecule has 0 bridgehead atoms. The molecule has 5 atom stereocenters. The van der Waals surface area contributed by atoms with Gasteiger partial charge in [-0.05, 0) is 61.5 Å². The molecule has 2 unspecified atom stereocenters. The normalized spacial score (nSPS) is 34.2. The first kappa shape index (κ1) is 21.7. The van der Waals surface area contributed by atoms with Crippen LogP contribution in [0.15, 0.2) is 12.3 Å². The second kappa shape index (κ2) is 8.64. The van der Waals surface area contributed by atoms with Crippen LogP contribution >= 0.6 is 0 Å². The first-order valence-electron chi connectivity index (χ1n) is 12.0. The highest BCUT2D eigenvalue weighted by Crippen LogP contribution is 2.54. The lowest BCUT2D eigenvalue weighted by Crippen LogP contribution is -2.48. The highest BCUT2D eigenvalue weighted by molar-refractivity contribution is 5.84. The number of nitrogens with zero attached hydrogens (tertiary/aromatic N) is 4. The van der Waals surface area contributed by atoms with Gasteiger partial charge in [0.1, 0.15) is 0 Å². The molecule has 7 heteroatoms. The van der Waals surface area contributed by atoms with Crippen molar-refractivity contribution in [2.45, 2.75) is 51.7 Å². The fourth-order valence-corrected chi connectivity index (χ4v) is 6.84. The van der Waals surface area contributed by atoms with E-state index in [0.717, 1.165) is 56.5 Å². The smallest absolute Gasteiger partial charge is 0.231 e. The van der Waals surface area contributed by atoms with Gasteiger partial charge in [0.05, 0.1) is 18.1 Å². The molecule has 1 amide bonds. The Kier molecular flexibility index (Phi) is 5.85. The number of fused-ring (bicyclic) bond motifs is 2. The van der Waals surface area contributed by atoms with Gasteiger partial charge in [-0.2, -0.15) is 5.26 Å². The van der Waals surface area contributed by atoms with E-state index in [4.69, 9.17) is 9.47 Å². The van der Waals surface area contributed by atoms with Crippen LogP contribution in [-0.2, 0) is 27.2 Å². The Hall–Kier alpha value is -2.17. The van der Waals surface area contributed by atoms with Crippen molar-refractivity contribution in [1.29, 1.82) is 5.26 Å². The topological polar surface area (TPSA) is 78.7 Å². The monoisotopic (exact) mass is 438 g/mol.